The Morgan fingerprint density at radius 2 is 2.05 bits per heavy atom. The molecule has 1 N–H and O–H groups in total. The van der Waals surface area contributed by atoms with Crippen molar-refractivity contribution in [3.63, 3.8) is 0 Å². The van der Waals surface area contributed by atoms with Crippen LogP contribution in [-0.2, 0) is 10.2 Å². The van der Waals surface area contributed by atoms with Gasteiger partial charge in [-0.2, -0.15) is 0 Å². The van der Waals surface area contributed by atoms with Gasteiger partial charge in [0.25, 0.3) is 0 Å². The van der Waals surface area contributed by atoms with E-state index in [0.717, 1.165) is 24.2 Å². The highest BCUT2D eigenvalue weighted by atomic mass is 16.5. The van der Waals surface area contributed by atoms with E-state index in [1.807, 2.05) is 24.3 Å². The summed E-state index contributed by atoms with van der Waals surface area (Å²) in [7, 11) is 1.63. The van der Waals surface area contributed by atoms with E-state index in [-0.39, 0.29) is 7.33 Å². The van der Waals surface area contributed by atoms with Crippen molar-refractivity contribution < 1.29 is 11.0 Å². The van der Waals surface area contributed by atoms with E-state index in [9.17, 15) is 4.79 Å². The van der Waals surface area contributed by atoms with Gasteiger partial charge in [-0.3, -0.25) is 9.78 Å². The molecule has 1 fully saturated rings. The second-order valence-electron chi connectivity index (χ2n) is 4.86. The van der Waals surface area contributed by atoms with E-state index >= 15 is 0 Å². The molecule has 5 nitrogen and oxygen atoms in total. The largest absolute Gasteiger partial charge is 0.497 e. The third-order valence-electron chi connectivity index (χ3n) is 3.63. The highest BCUT2D eigenvalue weighted by Crippen LogP contribution is 2.49. The van der Waals surface area contributed by atoms with Crippen molar-refractivity contribution >= 4 is 11.7 Å². The molecule has 0 bridgehead atoms. The van der Waals surface area contributed by atoms with Gasteiger partial charge in [0.2, 0.25) is 5.91 Å². The Labute approximate surface area is 118 Å². The Hall–Kier alpha value is -2.43. The van der Waals surface area contributed by atoms with E-state index < -0.39 is 5.41 Å². The number of rotatable bonds is 4. The summed E-state index contributed by atoms with van der Waals surface area (Å²) in [5.74, 6) is 1.25. The van der Waals surface area contributed by atoms with Crippen molar-refractivity contribution in [1.82, 2.24) is 9.97 Å². The molecule has 1 aliphatic rings. The Kier molecular flexibility index (Phi) is 3.10. The quantitative estimate of drug-likeness (QED) is 0.927. The molecule has 1 heterocycles. The zero-order chi connectivity index (χ0) is 14.0. The average Bonchev–Trinajstić information content (AvgIpc) is 3.30. The SMILES string of the molecule is COc1ccc(C2(C(=O)Nc3cnccn3)CC2)cc1.[HH]. The van der Waals surface area contributed by atoms with Crippen LogP contribution in [0.3, 0.4) is 0 Å². The summed E-state index contributed by atoms with van der Waals surface area (Å²) in [4.78, 5) is 20.4. The van der Waals surface area contributed by atoms with Crippen molar-refractivity contribution in [2.75, 3.05) is 12.4 Å². The number of nitrogens with zero attached hydrogens (tertiary/aromatic N) is 2. The summed E-state index contributed by atoms with van der Waals surface area (Å²) in [6.45, 7) is 0. The van der Waals surface area contributed by atoms with Gasteiger partial charge in [0.15, 0.2) is 5.82 Å². The maximum absolute atomic E-state index is 12.4. The number of methoxy groups -OCH3 is 1. The van der Waals surface area contributed by atoms with Gasteiger partial charge in [0, 0.05) is 13.8 Å². The smallest absolute Gasteiger partial charge is 0.236 e. The minimum absolute atomic E-state index is 0. The second kappa shape index (κ2) is 4.92. The van der Waals surface area contributed by atoms with Gasteiger partial charge >= 0.3 is 0 Å². The number of hydrogen-bond donors (Lipinski definition) is 1. The van der Waals surface area contributed by atoms with Gasteiger partial charge in [0.1, 0.15) is 5.75 Å². The van der Waals surface area contributed by atoms with Crippen LogP contribution in [0.1, 0.15) is 19.8 Å². The summed E-state index contributed by atoms with van der Waals surface area (Å²) in [5.41, 5.74) is 0.587. The first-order valence-corrected chi connectivity index (χ1v) is 6.47. The van der Waals surface area contributed by atoms with Crippen LogP contribution in [0.4, 0.5) is 5.82 Å². The van der Waals surface area contributed by atoms with Crippen LogP contribution in [0.2, 0.25) is 0 Å². The Morgan fingerprint density at radius 1 is 1.30 bits per heavy atom. The van der Waals surface area contributed by atoms with Crippen LogP contribution < -0.4 is 10.1 Å². The van der Waals surface area contributed by atoms with E-state index in [1.54, 1.807) is 25.7 Å². The average molecular weight is 271 g/mol. The maximum atomic E-state index is 12.4. The van der Waals surface area contributed by atoms with Gasteiger partial charge in [-0.05, 0) is 30.5 Å². The summed E-state index contributed by atoms with van der Waals surface area (Å²) in [6, 6.07) is 7.65. The van der Waals surface area contributed by atoms with E-state index in [2.05, 4.69) is 15.3 Å². The Morgan fingerprint density at radius 3 is 2.60 bits per heavy atom. The Bertz CT molecular complexity index is 613. The topological polar surface area (TPSA) is 64.1 Å². The first-order valence-electron chi connectivity index (χ1n) is 6.47. The number of benzene rings is 1. The molecule has 1 saturated carbocycles. The molecule has 20 heavy (non-hydrogen) atoms. The summed E-state index contributed by atoms with van der Waals surface area (Å²) in [5, 5.41) is 2.83. The summed E-state index contributed by atoms with van der Waals surface area (Å²) < 4.78 is 5.14. The molecule has 1 amide bonds. The van der Waals surface area contributed by atoms with E-state index in [0.29, 0.717) is 5.82 Å². The molecule has 0 unspecified atom stereocenters. The second-order valence-corrected chi connectivity index (χ2v) is 4.86. The fraction of sp³-hybridized carbons (Fsp3) is 0.267. The van der Waals surface area contributed by atoms with Crippen LogP contribution in [0, 0.1) is 0 Å². The van der Waals surface area contributed by atoms with Gasteiger partial charge in [-0.25, -0.2) is 4.98 Å². The first kappa shape index (κ1) is 12.6. The number of hydrogen-bond acceptors (Lipinski definition) is 4. The number of carbonyl (C=O) groups is 1. The summed E-state index contributed by atoms with van der Waals surface area (Å²) >= 11 is 0. The third kappa shape index (κ3) is 2.22. The number of anilines is 1. The maximum Gasteiger partial charge on any atom is 0.236 e. The Balaban J connectivity index is 0.00000161. The molecule has 0 aliphatic heterocycles. The molecule has 104 valence electrons. The van der Waals surface area contributed by atoms with Crippen molar-refractivity contribution in [2.45, 2.75) is 18.3 Å². The number of aromatic nitrogens is 2. The monoisotopic (exact) mass is 271 g/mol. The molecule has 5 heteroatoms. The first-order chi connectivity index (χ1) is 9.74. The van der Waals surface area contributed by atoms with Gasteiger partial charge in [0.05, 0.1) is 18.7 Å². The molecule has 0 spiro atoms. The molecule has 2 aromatic rings. The van der Waals surface area contributed by atoms with Gasteiger partial charge in [-0.15, -0.1) is 0 Å². The lowest BCUT2D eigenvalue weighted by atomic mass is 9.95. The fourth-order valence-corrected chi connectivity index (χ4v) is 2.28. The molecule has 1 aromatic carbocycles. The van der Waals surface area contributed by atoms with Crippen LogP contribution >= 0.6 is 0 Å². The molecule has 1 aromatic heterocycles. The normalized spacial score (nSPS) is 15.4. The standard InChI is InChI=1S/C15H15N3O2.H2/c1-20-12-4-2-11(3-5-12)15(6-7-15)14(19)18-13-10-16-8-9-17-13;/h2-5,8-10H,6-7H2,1H3,(H,17,18,19);1H. The molecule has 3 rings (SSSR count). The van der Waals surface area contributed by atoms with Crippen LogP contribution in [0.5, 0.6) is 5.75 Å². The highest BCUT2D eigenvalue weighted by molar-refractivity contribution is 6.00. The lowest BCUT2D eigenvalue weighted by Gasteiger charge is -2.15. The number of carbonyl (C=O) groups excluding carboxylic acids is 1. The zero-order valence-corrected chi connectivity index (χ0v) is 11.2. The number of nitrogens with one attached hydrogen (secondary N) is 1. The third-order valence-corrected chi connectivity index (χ3v) is 3.63. The minimum Gasteiger partial charge on any atom is -0.497 e. The molecular weight excluding hydrogens is 254 g/mol. The zero-order valence-electron chi connectivity index (χ0n) is 11.2. The molecule has 0 saturated heterocycles. The van der Waals surface area contributed by atoms with Crippen LogP contribution in [0.25, 0.3) is 0 Å². The molecule has 0 atom stereocenters. The van der Waals surface area contributed by atoms with Crippen molar-refractivity contribution in [1.29, 1.82) is 0 Å². The van der Waals surface area contributed by atoms with Gasteiger partial charge in [-0.1, -0.05) is 12.1 Å². The predicted octanol–water partition coefficient (Wildman–Crippen LogP) is 2.40. The lowest BCUT2D eigenvalue weighted by molar-refractivity contribution is -0.118. The molecule has 1 aliphatic carbocycles. The fourth-order valence-electron chi connectivity index (χ4n) is 2.28. The van der Waals surface area contributed by atoms with Crippen molar-refractivity contribution in [2.24, 2.45) is 0 Å². The summed E-state index contributed by atoms with van der Waals surface area (Å²) in [6.07, 6.45) is 6.38. The van der Waals surface area contributed by atoms with Gasteiger partial charge < -0.3 is 10.1 Å². The molecule has 0 radical (unpaired) electrons. The highest BCUT2D eigenvalue weighted by Gasteiger charge is 2.51. The van der Waals surface area contributed by atoms with Crippen molar-refractivity contribution in [3.8, 4) is 5.75 Å². The van der Waals surface area contributed by atoms with Crippen molar-refractivity contribution in [3.05, 3.63) is 48.4 Å². The van der Waals surface area contributed by atoms with Crippen LogP contribution in [-0.4, -0.2) is 23.0 Å². The number of amides is 1. The van der Waals surface area contributed by atoms with Crippen LogP contribution in [0.15, 0.2) is 42.9 Å². The van der Waals surface area contributed by atoms with E-state index in [4.69, 9.17) is 4.74 Å². The predicted molar refractivity (Wildman–Crippen MR) is 76.7 cm³/mol. The molecular formula is C15H17N3O2. The lowest BCUT2D eigenvalue weighted by Crippen LogP contribution is -2.28. The minimum atomic E-state index is -0.427. The number of ether oxygens (including phenoxy) is 1. The van der Waals surface area contributed by atoms with E-state index in [1.165, 1.54) is 0 Å².